The number of para-hydroxylation sites is 3. The van der Waals surface area contributed by atoms with Gasteiger partial charge >= 0.3 is 21.1 Å². The van der Waals surface area contributed by atoms with Crippen LogP contribution in [0.4, 0.5) is 0 Å². The minimum atomic E-state index is -0.0223. The van der Waals surface area contributed by atoms with Crippen LogP contribution < -0.4 is 4.74 Å². The Morgan fingerprint density at radius 3 is 1.60 bits per heavy atom. The van der Waals surface area contributed by atoms with Crippen LogP contribution in [0.1, 0.15) is 52.7 Å². The largest absolute Gasteiger partial charge is 2.00 e. The van der Waals surface area contributed by atoms with Gasteiger partial charge in [0.15, 0.2) is 0 Å². The number of hydrogen-bond acceptors (Lipinski definition) is 3. The van der Waals surface area contributed by atoms with E-state index >= 15 is 0 Å². The Kier molecular flexibility index (Phi) is 11.6. The van der Waals surface area contributed by atoms with Crippen molar-refractivity contribution < 1.29 is 25.8 Å². The summed E-state index contributed by atoms with van der Waals surface area (Å²) < 4.78 is 11.2. The minimum Gasteiger partial charge on any atom is -0.497 e. The average molecular weight is 1060 g/mol. The molecule has 68 heavy (non-hydrogen) atoms. The molecule has 334 valence electrons. The van der Waals surface area contributed by atoms with Crippen LogP contribution in [0.2, 0.25) is 0 Å². The second-order valence-electron chi connectivity index (χ2n) is 19.4. The molecule has 3 aromatic heterocycles. The number of rotatable bonds is 8. The van der Waals surface area contributed by atoms with Crippen LogP contribution in [0.25, 0.3) is 89.1 Å². The normalized spacial score (nSPS) is 11.9. The monoisotopic (exact) mass is 1060 g/mol. The van der Waals surface area contributed by atoms with Crippen LogP contribution in [-0.2, 0) is 31.9 Å². The summed E-state index contributed by atoms with van der Waals surface area (Å²) in [5.41, 5.74) is 15.9. The van der Waals surface area contributed by atoms with E-state index in [1.54, 1.807) is 0 Å². The SMILES string of the molecule is CC(C)(C)c1ccc(-n2c(-c3[c-]c(Oc4[c-]c(-c5cc6c7ccccc7n(-c7ccc(C(C)(C)C)cc7-c7ccccc7)c6cn5)ccc4)ccc3)nc3ccccc32)c(-c2ccccc2)c1.[Pt+2]. The van der Waals surface area contributed by atoms with Crippen LogP contribution in [-0.4, -0.2) is 19.1 Å². The molecule has 11 rings (SSSR count). The van der Waals surface area contributed by atoms with Crippen molar-refractivity contribution in [1.82, 2.24) is 19.1 Å². The molecule has 0 saturated heterocycles. The first-order chi connectivity index (χ1) is 32.5. The van der Waals surface area contributed by atoms with E-state index in [1.807, 2.05) is 48.7 Å². The number of nitrogens with zero attached hydrogens (tertiary/aromatic N) is 4. The van der Waals surface area contributed by atoms with E-state index in [1.165, 1.54) is 22.3 Å². The van der Waals surface area contributed by atoms with Gasteiger partial charge < -0.3 is 18.9 Å². The summed E-state index contributed by atoms with van der Waals surface area (Å²) in [4.78, 5) is 10.3. The predicted molar refractivity (Wildman–Crippen MR) is 277 cm³/mol. The molecule has 0 amide bonds. The maximum absolute atomic E-state index is 6.60. The van der Waals surface area contributed by atoms with Gasteiger partial charge in [-0.05, 0) is 81.2 Å². The Bertz CT molecular complexity index is 3630. The van der Waals surface area contributed by atoms with Crippen LogP contribution in [0.5, 0.6) is 11.5 Å². The van der Waals surface area contributed by atoms with Gasteiger partial charge in [0.2, 0.25) is 0 Å². The van der Waals surface area contributed by atoms with E-state index in [9.17, 15) is 0 Å². The van der Waals surface area contributed by atoms with E-state index < -0.39 is 0 Å². The standard InChI is InChI=1S/C62H50N4O.Pt/c1-61(2,3)45-31-33-56(50(37-45)41-19-9-7-10-20-41)65-55-29-15-13-27-49(55)52-39-54(63-40-59(52)65)43-23-17-25-47(35-43)67-48-26-18-24-44(36-48)60-64-53-28-14-16-30-58(53)66(60)57-34-32-46(62(4,5)6)38-51(57)42-21-11-8-12-22-42;/h7-34,37-40H,1-6H3;/q-2;+2. The molecule has 0 spiro atoms. The van der Waals surface area contributed by atoms with E-state index in [0.717, 1.165) is 78.0 Å². The maximum atomic E-state index is 6.60. The van der Waals surface area contributed by atoms with Gasteiger partial charge in [-0.2, -0.15) is 0 Å². The average Bonchev–Trinajstić information content (AvgIpc) is 3.90. The Balaban J connectivity index is 0.00000539. The maximum Gasteiger partial charge on any atom is 2.00 e. The molecular formula is C62H50N4OPt. The quantitative estimate of drug-likeness (QED) is 0.142. The third kappa shape index (κ3) is 8.26. The Labute approximate surface area is 413 Å². The second-order valence-corrected chi connectivity index (χ2v) is 19.4. The Morgan fingerprint density at radius 1 is 0.456 bits per heavy atom. The zero-order chi connectivity index (χ0) is 45.9. The van der Waals surface area contributed by atoms with Crippen molar-refractivity contribution in [3.05, 3.63) is 218 Å². The molecule has 11 aromatic rings. The minimum absolute atomic E-state index is 0. The van der Waals surface area contributed by atoms with Gasteiger partial charge in [-0.3, -0.25) is 4.98 Å². The molecule has 0 saturated carbocycles. The Morgan fingerprint density at radius 2 is 0.985 bits per heavy atom. The van der Waals surface area contributed by atoms with Crippen molar-refractivity contribution in [3.8, 4) is 67.8 Å². The van der Waals surface area contributed by atoms with E-state index in [-0.39, 0.29) is 31.9 Å². The molecule has 0 radical (unpaired) electrons. The van der Waals surface area contributed by atoms with Crippen molar-refractivity contribution in [1.29, 1.82) is 0 Å². The fourth-order valence-electron chi connectivity index (χ4n) is 9.23. The molecule has 3 heterocycles. The fourth-order valence-corrected chi connectivity index (χ4v) is 9.23. The molecule has 5 nitrogen and oxygen atoms in total. The first-order valence-corrected chi connectivity index (χ1v) is 23.0. The summed E-state index contributed by atoms with van der Waals surface area (Å²) in [5.74, 6) is 1.91. The summed E-state index contributed by atoms with van der Waals surface area (Å²) >= 11 is 0. The second kappa shape index (κ2) is 17.7. The van der Waals surface area contributed by atoms with E-state index in [0.29, 0.717) is 11.5 Å². The summed E-state index contributed by atoms with van der Waals surface area (Å²) in [6, 6.07) is 73.1. The van der Waals surface area contributed by atoms with E-state index in [2.05, 4.69) is 208 Å². The molecule has 8 aromatic carbocycles. The summed E-state index contributed by atoms with van der Waals surface area (Å²) in [5, 5.41) is 2.28. The van der Waals surface area contributed by atoms with Crippen molar-refractivity contribution in [2.45, 2.75) is 52.4 Å². The zero-order valence-electron chi connectivity index (χ0n) is 39.0. The fraction of sp³-hybridized carbons (Fsp3) is 0.129. The van der Waals surface area contributed by atoms with Gasteiger partial charge in [-0.1, -0.05) is 163 Å². The Hall–Kier alpha value is -7.33. The molecule has 0 aliphatic rings. The summed E-state index contributed by atoms with van der Waals surface area (Å²) in [7, 11) is 0. The number of fused-ring (bicyclic) bond motifs is 4. The number of pyridine rings is 1. The molecule has 0 aliphatic heterocycles. The van der Waals surface area contributed by atoms with E-state index in [4.69, 9.17) is 14.7 Å². The topological polar surface area (TPSA) is 44.9 Å². The van der Waals surface area contributed by atoms with Gasteiger partial charge in [0.25, 0.3) is 0 Å². The third-order valence-corrected chi connectivity index (χ3v) is 12.8. The third-order valence-electron chi connectivity index (χ3n) is 12.8. The number of imidazole rings is 1. The smallest absolute Gasteiger partial charge is 0.497 e. The summed E-state index contributed by atoms with van der Waals surface area (Å²) in [6.07, 6.45) is 2.00. The summed E-state index contributed by atoms with van der Waals surface area (Å²) in [6.45, 7) is 13.6. The zero-order valence-corrected chi connectivity index (χ0v) is 41.3. The van der Waals surface area contributed by atoms with Crippen LogP contribution in [0, 0.1) is 12.1 Å². The van der Waals surface area contributed by atoms with Crippen molar-refractivity contribution in [2.75, 3.05) is 0 Å². The van der Waals surface area contributed by atoms with Crippen LogP contribution >= 0.6 is 0 Å². The number of hydrogen-bond donors (Lipinski definition) is 0. The molecule has 0 atom stereocenters. The molecule has 6 heteroatoms. The van der Waals surface area contributed by atoms with Crippen molar-refractivity contribution in [2.24, 2.45) is 0 Å². The molecule has 0 bridgehead atoms. The van der Waals surface area contributed by atoms with Crippen LogP contribution in [0.3, 0.4) is 0 Å². The molecule has 0 N–H and O–H groups in total. The van der Waals surface area contributed by atoms with Gasteiger partial charge in [0.05, 0.1) is 33.6 Å². The molecule has 0 fully saturated rings. The van der Waals surface area contributed by atoms with Gasteiger partial charge in [0.1, 0.15) is 0 Å². The van der Waals surface area contributed by atoms with Crippen molar-refractivity contribution in [3.63, 3.8) is 0 Å². The predicted octanol–water partition coefficient (Wildman–Crippen LogP) is 16.2. The molecule has 0 aliphatic carbocycles. The van der Waals surface area contributed by atoms with Gasteiger partial charge in [-0.25, -0.2) is 0 Å². The number of ether oxygens (including phenoxy) is 1. The van der Waals surface area contributed by atoms with Gasteiger partial charge in [-0.15, -0.1) is 47.5 Å². The molecular weight excluding hydrogens is 1010 g/mol. The number of benzene rings is 8. The van der Waals surface area contributed by atoms with Gasteiger partial charge in [0, 0.05) is 45.3 Å². The first-order valence-electron chi connectivity index (χ1n) is 23.0. The molecule has 0 unspecified atom stereocenters. The number of aromatic nitrogens is 4. The van der Waals surface area contributed by atoms with Crippen LogP contribution in [0.15, 0.2) is 194 Å². The first kappa shape index (κ1) is 44.5. The van der Waals surface area contributed by atoms with Crippen molar-refractivity contribution >= 4 is 32.8 Å².